The number of anilines is 2. The van der Waals surface area contributed by atoms with Gasteiger partial charge in [0.05, 0.1) is 50.1 Å². The van der Waals surface area contributed by atoms with E-state index in [1.807, 2.05) is 0 Å². The number of alkyl halides is 5. The van der Waals surface area contributed by atoms with Crippen LogP contribution in [0.5, 0.6) is 0 Å². The van der Waals surface area contributed by atoms with Crippen LogP contribution in [0.3, 0.4) is 0 Å². The van der Waals surface area contributed by atoms with Crippen LogP contribution in [0.1, 0.15) is 22.3 Å². The average Bonchev–Trinajstić information content (AvgIpc) is 3.48. The maximum Gasteiger partial charge on any atom is 0.416 e. The van der Waals surface area contributed by atoms with Crippen LogP contribution in [0.2, 0.25) is 5.02 Å². The molecule has 2 aromatic carbocycles. The van der Waals surface area contributed by atoms with Crippen molar-refractivity contribution in [2.45, 2.75) is 23.4 Å². The fourth-order valence-corrected chi connectivity index (χ4v) is 6.61. The highest BCUT2D eigenvalue weighted by Gasteiger charge is 2.66. The van der Waals surface area contributed by atoms with E-state index >= 15 is 0 Å². The molecule has 0 unspecified atom stereocenters. The standard InChI is InChI=1S/C25H18Cl3F3N2O5/c26-15-6-3-11(25(29,30)31)7-16(15)32-17(34)9-38-24(37)10-1-4-12(5-2-10)33-22(35)18-13-8-14(19(18)23(33)36)21(28)20(13)27/h1-7,13-14,18-21H,8-9H2,(H,32,34)/t13-,14-,18-,19+,20-,21+/m1/s1. The number of imide groups is 1. The Balaban J connectivity index is 1.21. The van der Waals surface area contributed by atoms with E-state index in [9.17, 15) is 32.3 Å². The fraction of sp³-hybridized carbons (Fsp3) is 0.360. The monoisotopic (exact) mass is 588 g/mol. The van der Waals surface area contributed by atoms with E-state index in [2.05, 4.69) is 5.32 Å². The highest BCUT2D eigenvalue weighted by molar-refractivity contribution is 6.34. The van der Waals surface area contributed by atoms with E-state index in [1.165, 1.54) is 24.3 Å². The fourth-order valence-electron chi connectivity index (χ4n) is 5.55. The molecule has 1 aliphatic heterocycles. The van der Waals surface area contributed by atoms with Gasteiger partial charge in [-0.1, -0.05) is 11.6 Å². The third-order valence-corrected chi connectivity index (χ3v) is 8.90. The Bertz CT molecular complexity index is 1300. The van der Waals surface area contributed by atoms with Gasteiger partial charge in [0.1, 0.15) is 0 Å². The van der Waals surface area contributed by atoms with Gasteiger partial charge in [-0.3, -0.25) is 19.3 Å². The molecule has 3 aliphatic rings. The molecule has 3 fully saturated rings. The van der Waals surface area contributed by atoms with Crippen LogP contribution < -0.4 is 10.2 Å². The van der Waals surface area contributed by atoms with Gasteiger partial charge in [0.15, 0.2) is 6.61 Å². The van der Waals surface area contributed by atoms with Crippen molar-refractivity contribution in [2.24, 2.45) is 23.7 Å². The molecular formula is C25H18Cl3F3N2O5. The molecule has 3 amide bonds. The van der Waals surface area contributed by atoms with Crippen molar-refractivity contribution < 1.29 is 37.1 Å². The van der Waals surface area contributed by atoms with E-state index in [0.29, 0.717) is 12.5 Å². The van der Waals surface area contributed by atoms with Crippen molar-refractivity contribution in [3.8, 4) is 0 Å². The molecular weight excluding hydrogens is 572 g/mol. The molecule has 0 radical (unpaired) electrons. The minimum Gasteiger partial charge on any atom is -0.452 e. The number of amides is 3. The first-order valence-electron chi connectivity index (χ1n) is 11.5. The van der Waals surface area contributed by atoms with Crippen LogP contribution in [-0.2, 0) is 25.3 Å². The van der Waals surface area contributed by atoms with Crippen LogP contribution in [-0.4, -0.2) is 41.1 Å². The zero-order valence-corrected chi connectivity index (χ0v) is 21.4. The predicted molar refractivity (Wildman–Crippen MR) is 132 cm³/mol. The molecule has 0 spiro atoms. The molecule has 1 saturated heterocycles. The van der Waals surface area contributed by atoms with Crippen molar-refractivity contribution in [1.82, 2.24) is 0 Å². The Kier molecular flexibility index (Phi) is 6.86. The lowest BCUT2D eigenvalue weighted by atomic mass is 9.80. The highest BCUT2D eigenvalue weighted by atomic mass is 35.5. The number of nitrogens with one attached hydrogen (secondary N) is 1. The van der Waals surface area contributed by atoms with Gasteiger partial charge in [0.2, 0.25) is 11.8 Å². The highest BCUT2D eigenvalue weighted by Crippen LogP contribution is 2.59. The first-order chi connectivity index (χ1) is 17.9. The SMILES string of the molecule is O=C(COC(=O)c1ccc(N2C(=O)[C@@H]3[C@H]4C[C@@H]([C@H](Cl)[C@@H]4Cl)[C@@H]3C2=O)cc1)Nc1cc(C(F)(F)F)ccc1Cl. The first kappa shape index (κ1) is 26.8. The number of carbonyl (C=O) groups is 4. The van der Waals surface area contributed by atoms with Crippen molar-refractivity contribution in [3.05, 3.63) is 58.6 Å². The minimum absolute atomic E-state index is 0.0275. The van der Waals surface area contributed by atoms with Gasteiger partial charge in [0.25, 0.3) is 5.91 Å². The Hall–Kier alpha value is -2.82. The quantitative estimate of drug-likeness (QED) is 0.297. The summed E-state index contributed by atoms with van der Waals surface area (Å²) in [7, 11) is 0. The maximum atomic E-state index is 13.1. The smallest absolute Gasteiger partial charge is 0.416 e. The topological polar surface area (TPSA) is 92.8 Å². The molecule has 6 atom stereocenters. The van der Waals surface area contributed by atoms with Gasteiger partial charge in [-0.05, 0) is 60.7 Å². The van der Waals surface area contributed by atoms with Crippen LogP contribution in [0.25, 0.3) is 0 Å². The summed E-state index contributed by atoms with van der Waals surface area (Å²) >= 11 is 18.6. The lowest BCUT2D eigenvalue weighted by Gasteiger charge is -2.28. The predicted octanol–water partition coefficient (Wildman–Crippen LogP) is 5.12. The van der Waals surface area contributed by atoms with Crippen molar-refractivity contribution >= 4 is 69.9 Å². The molecule has 5 rings (SSSR count). The number of ether oxygens (including phenoxy) is 1. The van der Waals surface area contributed by atoms with Crippen LogP contribution in [0.15, 0.2) is 42.5 Å². The average molecular weight is 590 g/mol. The third-order valence-electron chi connectivity index (χ3n) is 7.25. The van der Waals surface area contributed by atoms with Gasteiger partial charge < -0.3 is 10.1 Å². The number of hydrogen-bond donors (Lipinski definition) is 1. The molecule has 200 valence electrons. The summed E-state index contributed by atoms with van der Waals surface area (Å²) in [5.41, 5.74) is -0.990. The summed E-state index contributed by atoms with van der Waals surface area (Å²) in [6, 6.07) is 7.91. The number of rotatable bonds is 5. The number of halogens is 6. The summed E-state index contributed by atoms with van der Waals surface area (Å²) in [5.74, 6) is -3.85. The molecule has 2 saturated carbocycles. The molecule has 38 heavy (non-hydrogen) atoms. The van der Waals surface area contributed by atoms with E-state index in [4.69, 9.17) is 39.5 Å². The van der Waals surface area contributed by atoms with Gasteiger partial charge in [-0.2, -0.15) is 13.2 Å². The zero-order valence-electron chi connectivity index (χ0n) is 19.2. The second kappa shape index (κ2) is 9.73. The first-order valence-corrected chi connectivity index (χ1v) is 12.7. The number of esters is 1. The Morgan fingerprint density at radius 3 is 2.11 bits per heavy atom. The second-order valence-electron chi connectivity index (χ2n) is 9.38. The van der Waals surface area contributed by atoms with Crippen LogP contribution >= 0.6 is 34.8 Å². The van der Waals surface area contributed by atoms with Gasteiger partial charge in [0, 0.05) is 0 Å². The molecule has 2 aliphatic carbocycles. The molecule has 1 heterocycles. The summed E-state index contributed by atoms with van der Waals surface area (Å²) in [6.45, 7) is -0.790. The molecule has 1 N–H and O–H groups in total. The number of fused-ring (bicyclic) bond motifs is 5. The summed E-state index contributed by atoms with van der Waals surface area (Å²) in [5, 5.41) is 1.30. The molecule has 13 heteroatoms. The number of hydrogen-bond acceptors (Lipinski definition) is 5. The summed E-state index contributed by atoms with van der Waals surface area (Å²) < 4.78 is 43.6. The van der Waals surface area contributed by atoms with E-state index < -0.39 is 42.1 Å². The third kappa shape index (κ3) is 4.52. The van der Waals surface area contributed by atoms with E-state index in [-0.39, 0.29) is 56.4 Å². The lowest BCUT2D eigenvalue weighted by Crippen LogP contribution is -2.37. The summed E-state index contributed by atoms with van der Waals surface area (Å²) in [6.07, 6.45) is -3.99. The Morgan fingerprint density at radius 1 is 0.974 bits per heavy atom. The molecule has 2 aromatic rings. The molecule has 2 bridgehead atoms. The van der Waals surface area contributed by atoms with Gasteiger partial charge >= 0.3 is 12.1 Å². The maximum absolute atomic E-state index is 13.1. The van der Waals surface area contributed by atoms with Gasteiger partial charge in [-0.15, -0.1) is 23.2 Å². The van der Waals surface area contributed by atoms with E-state index in [0.717, 1.165) is 17.0 Å². The molecule has 0 aromatic heterocycles. The van der Waals surface area contributed by atoms with Gasteiger partial charge in [-0.25, -0.2) is 4.79 Å². The Labute approximate surface area is 229 Å². The lowest BCUT2D eigenvalue weighted by molar-refractivity contribution is -0.137. The van der Waals surface area contributed by atoms with Crippen molar-refractivity contribution in [2.75, 3.05) is 16.8 Å². The van der Waals surface area contributed by atoms with E-state index in [1.54, 1.807) is 0 Å². The largest absolute Gasteiger partial charge is 0.452 e. The number of benzene rings is 2. The number of carbonyl (C=O) groups excluding carboxylic acids is 4. The summed E-state index contributed by atoms with van der Waals surface area (Å²) in [4.78, 5) is 51.8. The second-order valence-corrected chi connectivity index (χ2v) is 10.8. The Morgan fingerprint density at radius 2 is 1.55 bits per heavy atom. The normalized spacial score (nSPS) is 28.0. The number of nitrogens with zero attached hydrogens (tertiary/aromatic N) is 1. The van der Waals surface area contributed by atoms with Crippen molar-refractivity contribution in [3.63, 3.8) is 0 Å². The molecule has 7 nitrogen and oxygen atoms in total. The zero-order chi connectivity index (χ0) is 27.5. The van der Waals surface area contributed by atoms with Crippen LogP contribution in [0, 0.1) is 23.7 Å². The minimum atomic E-state index is -4.63. The van der Waals surface area contributed by atoms with Crippen LogP contribution in [0.4, 0.5) is 24.5 Å². The van der Waals surface area contributed by atoms with Crippen molar-refractivity contribution in [1.29, 1.82) is 0 Å².